The van der Waals surface area contributed by atoms with Crippen molar-refractivity contribution in [3.05, 3.63) is 71.8 Å². The van der Waals surface area contributed by atoms with Crippen molar-refractivity contribution in [2.75, 3.05) is 13.1 Å². The van der Waals surface area contributed by atoms with Gasteiger partial charge in [0, 0.05) is 26.3 Å². The van der Waals surface area contributed by atoms with E-state index in [9.17, 15) is 33.9 Å². The second kappa shape index (κ2) is 23.1. The SMILES string of the molecule is CC(=O)N[C@H](C(=O)N[C@@H](CCCN=C(N)N)C(=O)N[C@@H](Cc1ccccc1)C(=O)N[C@@H](Cc1ccccc1)C(=O)N[C@@H](CCCCN)C(=O)O)C(C)C. The fraction of sp³-hybridized carbons (Fsp3) is 0.486. The highest BCUT2D eigenvalue weighted by Crippen LogP contribution is 2.11. The molecule has 5 amide bonds. The highest BCUT2D eigenvalue weighted by atomic mass is 16.4. The Hall–Kier alpha value is -5.51. The van der Waals surface area contributed by atoms with E-state index < -0.39 is 65.7 Å². The van der Waals surface area contributed by atoms with E-state index in [1.807, 2.05) is 0 Å². The Morgan fingerprint density at radius 3 is 1.53 bits per heavy atom. The fourth-order valence-electron chi connectivity index (χ4n) is 5.47. The minimum absolute atomic E-state index is 0.0180. The molecule has 0 bridgehead atoms. The highest BCUT2D eigenvalue weighted by Gasteiger charge is 2.33. The van der Waals surface area contributed by atoms with Crippen LogP contribution in [0.4, 0.5) is 0 Å². The lowest BCUT2D eigenvalue weighted by Crippen LogP contribution is -2.60. The predicted molar refractivity (Wildman–Crippen MR) is 201 cm³/mol. The Morgan fingerprint density at radius 1 is 0.642 bits per heavy atom. The number of benzene rings is 2. The number of carbonyl (C=O) groups excluding carboxylic acids is 5. The molecule has 5 atom stereocenters. The number of nitrogens with zero attached hydrogens (tertiary/aromatic N) is 1. The molecule has 0 saturated carbocycles. The Kier molecular flexibility index (Phi) is 19.1. The van der Waals surface area contributed by atoms with Crippen molar-refractivity contribution in [1.82, 2.24) is 26.6 Å². The van der Waals surface area contributed by atoms with Crippen LogP contribution < -0.4 is 43.8 Å². The Bertz CT molecular complexity index is 1520. The summed E-state index contributed by atoms with van der Waals surface area (Å²) in [6.45, 7) is 5.30. The van der Waals surface area contributed by atoms with Gasteiger partial charge in [0.05, 0.1) is 0 Å². The van der Waals surface area contributed by atoms with Gasteiger partial charge < -0.3 is 48.9 Å². The molecule has 290 valence electrons. The van der Waals surface area contributed by atoms with Crippen LogP contribution in [0.1, 0.15) is 64.0 Å². The molecule has 0 fully saturated rings. The zero-order valence-corrected chi connectivity index (χ0v) is 30.7. The maximum atomic E-state index is 14.1. The molecule has 12 N–H and O–H groups in total. The summed E-state index contributed by atoms with van der Waals surface area (Å²) in [5, 5.41) is 23.2. The number of aliphatic imine (C=N–C) groups is 1. The summed E-state index contributed by atoms with van der Waals surface area (Å²) in [5.74, 6) is -4.81. The number of rotatable bonds is 23. The molecule has 0 saturated heterocycles. The van der Waals surface area contributed by atoms with E-state index in [-0.39, 0.29) is 50.5 Å². The number of carboxylic acid groups (broad SMARTS) is 1. The highest BCUT2D eigenvalue weighted by molar-refractivity contribution is 5.96. The smallest absolute Gasteiger partial charge is 0.326 e. The third-order valence-corrected chi connectivity index (χ3v) is 8.28. The molecule has 0 heterocycles. The topological polar surface area (TPSA) is 273 Å². The van der Waals surface area contributed by atoms with Gasteiger partial charge in [-0.25, -0.2) is 4.79 Å². The van der Waals surface area contributed by atoms with Crippen molar-refractivity contribution in [1.29, 1.82) is 0 Å². The molecule has 2 rings (SSSR count). The molecule has 2 aromatic carbocycles. The first kappa shape index (κ1) is 43.7. The van der Waals surface area contributed by atoms with Crippen LogP contribution in [0.5, 0.6) is 0 Å². The maximum absolute atomic E-state index is 14.1. The lowest BCUT2D eigenvalue weighted by Gasteiger charge is -2.28. The van der Waals surface area contributed by atoms with E-state index in [1.54, 1.807) is 74.5 Å². The normalized spacial score (nSPS) is 13.7. The largest absolute Gasteiger partial charge is 0.480 e. The van der Waals surface area contributed by atoms with Crippen LogP contribution in [0.3, 0.4) is 0 Å². The predicted octanol–water partition coefficient (Wildman–Crippen LogP) is -0.161. The molecular formula is C37H55N9O7. The Morgan fingerprint density at radius 2 is 1.09 bits per heavy atom. The third kappa shape index (κ3) is 16.6. The number of hydrogen-bond acceptors (Lipinski definition) is 8. The Labute approximate surface area is 310 Å². The lowest BCUT2D eigenvalue weighted by molar-refractivity contribution is -0.142. The number of nitrogens with two attached hydrogens (primary N) is 3. The lowest BCUT2D eigenvalue weighted by atomic mass is 10.0. The molecule has 16 nitrogen and oxygen atoms in total. The minimum Gasteiger partial charge on any atom is -0.480 e. The van der Waals surface area contributed by atoms with E-state index in [0.29, 0.717) is 30.5 Å². The monoisotopic (exact) mass is 737 g/mol. The van der Waals surface area contributed by atoms with Crippen LogP contribution in [0.2, 0.25) is 0 Å². The first-order valence-corrected chi connectivity index (χ1v) is 17.8. The second-order valence-corrected chi connectivity index (χ2v) is 13.1. The van der Waals surface area contributed by atoms with Crippen molar-refractivity contribution >= 4 is 41.5 Å². The molecule has 0 aliphatic carbocycles. The standard InChI is InChI=1S/C37H55N9O7/c1-23(2)31(42-24(3)47)35(51)43-27(18-12-20-41-37(39)40)32(48)45-30(22-26-15-8-5-9-16-26)34(50)46-29(21-25-13-6-4-7-14-25)33(49)44-28(36(52)53)17-10-11-19-38/h4-9,13-16,23,27-31H,10-12,17-22,38H2,1-3H3,(H,42,47)(H,43,51)(H,44,49)(H,45,48)(H,46,50)(H,52,53)(H4,39,40,41)/t27-,28-,29-,30-,31-/m0/s1. The molecule has 0 aliphatic rings. The summed E-state index contributed by atoms with van der Waals surface area (Å²) in [5.41, 5.74) is 17.9. The molecule has 53 heavy (non-hydrogen) atoms. The van der Waals surface area contributed by atoms with Gasteiger partial charge in [-0.1, -0.05) is 74.5 Å². The molecule has 16 heteroatoms. The zero-order chi connectivity index (χ0) is 39.3. The molecule has 0 aromatic heterocycles. The van der Waals surface area contributed by atoms with Gasteiger partial charge in [-0.15, -0.1) is 0 Å². The van der Waals surface area contributed by atoms with Gasteiger partial charge in [-0.3, -0.25) is 29.0 Å². The van der Waals surface area contributed by atoms with Gasteiger partial charge in [-0.2, -0.15) is 0 Å². The number of carbonyl (C=O) groups is 6. The summed E-state index contributed by atoms with van der Waals surface area (Å²) in [4.78, 5) is 82.8. The number of nitrogens with one attached hydrogen (secondary N) is 5. The molecule has 0 spiro atoms. The van der Waals surface area contributed by atoms with Crippen molar-refractivity contribution in [3.63, 3.8) is 0 Å². The van der Waals surface area contributed by atoms with Crippen LogP contribution >= 0.6 is 0 Å². The van der Waals surface area contributed by atoms with Crippen molar-refractivity contribution < 1.29 is 33.9 Å². The summed E-state index contributed by atoms with van der Waals surface area (Å²) in [7, 11) is 0. The summed E-state index contributed by atoms with van der Waals surface area (Å²) >= 11 is 0. The van der Waals surface area contributed by atoms with Gasteiger partial charge >= 0.3 is 5.97 Å². The van der Waals surface area contributed by atoms with Crippen LogP contribution in [-0.4, -0.2) is 89.9 Å². The quantitative estimate of drug-likeness (QED) is 0.0413. The average molecular weight is 738 g/mol. The fourth-order valence-corrected chi connectivity index (χ4v) is 5.47. The van der Waals surface area contributed by atoms with Gasteiger partial charge in [0.15, 0.2) is 5.96 Å². The van der Waals surface area contributed by atoms with Gasteiger partial charge in [0.1, 0.15) is 30.2 Å². The second-order valence-electron chi connectivity index (χ2n) is 13.1. The van der Waals surface area contributed by atoms with E-state index >= 15 is 0 Å². The minimum atomic E-state index is -1.23. The molecule has 0 aliphatic heterocycles. The number of amides is 5. The molecule has 0 radical (unpaired) electrons. The van der Waals surface area contributed by atoms with E-state index in [2.05, 4.69) is 31.6 Å². The van der Waals surface area contributed by atoms with Crippen molar-refractivity contribution in [2.45, 2.75) is 95.9 Å². The van der Waals surface area contributed by atoms with E-state index in [4.69, 9.17) is 17.2 Å². The van der Waals surface area contributed by atoms with Crippen LogP contribution in [-0.2, 0) is 41.6 Å². The molecule has 0 unspecified atom stereocenters. The van der Waals surface area contributed by atoms with Crippen LogP contribution in [0.25, 0.3) is 0 Å². The number of hydrogen-bond donors (Lipinski definition) is 9. The number of carboxylic acids is 1. The average Bonchev–Trinajstić information content (AvgIpc) is 3.11. The van der Waals surface area contributed by atoms with Crippen LogP contribution in [0.15, 0.2) is 65.7 Å². The first-order chi connectivity index (χ1) is 25.2. The van der Waals surface area contributed by atoms with Crippen molar-refractivity contribution in [3.8, 4) is 0 Å². The maximum Gasteiger partial charge on any atom is 0.326 e. The zero-order valence-electron chi connectivity index (χ0n) is 30.7. The number of unbranched alkanes of at least 4 members (excludes halogenated alkanes) is 1. The van der Waals surface area contributed by atoms with Gasteiger partial charge in [0.2, 0.25) is 29.5 Å². The van der Waals surface area contributed by atoms with Gasteiger partial charge in [-0.05, 0) is 55.7 Å². The Balaban J connectivity index is 2.43. The molecular weight excluding hydrogens is 682 g/mol. The van der Waals surface area contributed by atoms with Crippen LogP contribution in [0, 0.1) is 5.92 Å². The summed E-state index contributed by atoms with van der Waals surface area (Å²) in [6, 6.07) is 12.0. The van der Waals surface area contributed by atoms with E-state index in [0.717, 1.165) is 0 Å². The third-order valence-electron chi connectivity index (χ3n) is 8.28. The van der Waals surface area contributed by atoms with E-state index in [1.165, 1.54) is 6.92 Å². The summed E-state index contributed by atoms with van der Waals surface area (Å²) in [6.07, 6.45) is 1.61. The van der Waals surface area contributed by atoms with Gasteiger partial charge in [0.25, 0.3) is 0 Å². The first-order valence-electron chi connectivity index (χ1n) is 17.8. The number of guanidine groups is 1. The number of aliphatic carboxylic acids is 1. The molecule has 2 aromatic rings. The van der Waals surface area contributed by atoms with Crippen molar-refractivity contribution in [2.24, 2.45) is 28.1 Å². The summed E-state index contributed by atoms with van der Waals surface area (Å²) < 4.78 is 0.